The molecular formula is C28H30FN3O3. The van der Waals surface area contributed by atoms with E-state index in [4.69, 9.17) is 0 Å². The third kappa shape index (κ3) is 5.04. The second kappa shape index (κ2) is 9.49. The summed E-state index contributed by atoms with van der Waals surface area (Å²) in [6.07, 6.45) is 0.388. The zero-order valence-corrected chi connectivity index (χ0v) is 20.5. The Morgan fingerprint density at radius 3 is 2.31 bits per heavy atom. The first-order valence-electron chi connectivity index (χ1n) is 11.8. The zero-order valence-electron chi connectivity index (χ0n) is 20.5. The summed E-state index contributed by atoms with van der Waals surface area (Å²) < 4.78 is 13.5. The van der Waals surface area contributed by atoms with Gasteiger partial charge in [-0.25, -0.2) is 4.39 Å². The molecule has 4 rings (SSSR count). The molecule has 7 heteroatoms. The Morgan fingerprint density at radius 2 is 1.69 bits per heavy atom. The first-order valence-corrected chi connectivity index (χ1v) is 11.8. The number of hydrogen-bond donors (Lipinski definition) is 1. The van der Waals surface area contributed by atoms with Gasteiger partial charge in [-0.15, -0.1) is 0 Å². The average molecular weight is 476 g/mol. The van der Waals surface area contributed by atoms with E-state index in [1.807, 2.05) is 58.0 Å². The summed E-state index contributed by atoms with van der Waals surface area (Å²) in [5.41, 5.74) is 1.47. The molecule has 0 aromatic heterocycles. The predicted molar refractivity (Wildman–Crippen MR) is 135 cm³/mol. The molecule has 0 fully saturated rings. The van der Waals surface area contributed by atoms with Gasteiger partial charge in [-0.2, -0.15) is 0 Å². The van der Waals surface area contributed by atoms with Crippen molar-refractivity contribution in [3.05, 3.63) is 77.6 Å². The summed E-state index contributed by atoms with van der Waals surface area (Å²) in [5.74, 6) is -1.24. The summed E-state index contributed by atoms with van der Waals surface area (Å²) >= 11 is 0. The van der Waals surface area contributed by atoms with Crippen LogP contribution in [0, 0.1) is 5.82 Å². The van der Waals surface area contributed by atoms with Crippen LogP contribution in [0.4, 0.5) is 10.1 Å². The van der Waals surface area contributed by atoms with E-state index in [-0.39, 0.29) is 36.6 Å². The molecule has 0 bridgehead atoms. The topological polar surface area (TPSA) is 69.7 Å². The van der Waals surface area contributed by atoms with Gasteiger partial charge in [-0.3, -0.25) is 19.3 Å². The van der Waals surface area contributed by atoms with Crippen LogP contribution in [-0.2, 0) is 16.1 Å². The van der Waals surface area contributed by atoms with Crippen molar-refractivity contribution in [2.24, 2.45) is 0 Å². The maximum atomic E-state index is 13.7. The second-order valence-electron chi connectivity index (χ2n) is 9.88. The Labute approximate surface area is 204 Å². The van der Waals surface area contributed by atoms with Gasteiger partial charge in [0, 0.05) is 23.0 Å². The number of anilines is 1. The van der Waals surface area contributed by atoms with Gasteiger partial charge in [0.1, 0.15) is 18.4 Å². The Morgan fingerprint density at radius 1 is 1.03 bits per heavy atom. The number of carbonyl (C=O) groups excluding carboxylic acids is 3. The van der Waals surface area contributed by atoms with Crippen LogP contribution in [0.5, 0.6) is 0 Å². The summed E-state index contributed by atoms with van der Waals surface area (Å²) in [6, 6.07) is 16.3. The molecule has 0 radical (unpaired) electrons. The quantitative estimate of drug-likeness (QED) is 0.540. The molecule has 1 aliphatic rings. The molecule has 3 amide bonds. The Hall–Kier alpha value is -3.74. The van der Waals surface area contributed by atoms with E-state index in [2.05, 4.69) is 5.32 Å². The van der Waals surface area contributed by atoms with Gasteiger partial charge in [0.15, 0.2) is 0 Å². The van der Waals surface area contributed by atoms with Crippen molar-refractivity contribution in [1.29, 1.82) is 0 Å². The molecule has 0 spiro atoms. The molecule has 35 heavy (non-hydrogen) atoms. The lowest BCUT2D eigenvalue weighted by Gasteiger charge is -2.34. The smallest absolute Gasteiger partial charge is 0.259 e. The summed E-state index contributed by atoms with van der Waals surface area (Å²) in [6.45, 7) is 7.40. The number of nitrogens with one attached hydrogen (secondary N) is 1. The lowest BCUT2D eigenvalue weighted by molar-refractivity contribution is -0.141. The molecular weight excluding hydrogens is 445 g/mol. The summed E-state index contributed by atoms with van der Waals surface area (Å²) in [7, 11) is 0. The van der Waals surface area contributed by atoms with Crippen molar-refractivity contribution in [3.63, 3.8) is 0 Å². The van der Waals surface area contributed by atoms with E-state index >= 15 is 0 Å². The van der Waals surface area contributed by atoms with Crippen molar-refractivity contribution >= 4 is 34.2 Å². The minimum atomic E-state index is -0.748. The summed E-state index contributed by atoms with van der Waals surface area (Å²) in [5, 5.41) is 4.72. The SMILES string of the molecule is CC[C@H](C(=O)NC(C)(C)C)N(Cc1ccc(F)cc1)C(=O)CN1C(=O)c2cccc3cccc1c23. The van der Waals surface area contributed by atoms with Crippen LogP contribution in [-0.4, -0.2) is 40.7 Å². The Bertz CT molecular complexity index is 1280. The molecule has 1 atom stereocenters. The highest BCUT2D eigenvalue weighted by Crippen LogP contribution is 2.37. The molecule has 1 heterocycles. The fraction of sp³-hybridized carbons (Fsp3) is 0.321. The van der Waals surface area contributed by atoms with Gasteiger partial charge in [0.25, 0.3) is 5.91 Å². The third-order valence-corrected chi connectivity index (χ3v) is 6.09. The highest BCUT2D eigenvalue weighted by Gasteiger charge is 2.35. The van der Waals surface area contributed by atoms with Gasteiger partial charge < -0.3 is 10.2 Å². The molecule has 1 aliphatic heterocycles. The fourth-order valence-corrected chi connectivity index (χ4v) is 4.52. The largest absolute Gasteiger partial charge is 0.350 e. The third-order valence-electron chi connectivity index (χ3n) is 6.09. The molecule has 0 unspecified atom stereocenters. The van der Waals surface area contributed by atoms with Crippen LogP contribution >= 0.6 is 0 Å². The Kier molecular flexibility index (Phi) is 6.61. The molecule has 3 aromatic rings. The first-order chi connectivity index (χ1) is 16.6. The number of benzene rings is 3. The minimum Gasteiger partial charge on any atom is -0.350 e. The van der Waals surface area contributed by atoms with E-state index in [9.17, 15) is 18.8 Å². The predicted octanol–water partition coefficient (Wildman–Crippen LogP) is 4.66. The van der Waals surface area contributed by atoms with Crippen LogP contribution in [0.3, 0.4) is 0 Å². The van der Waals surface area contributed by atoms with Crippen LogP contribution in [0.15, 0.2) is 60.7 Å². The van der Waals surface area contributed by atoms with Gasteiger partial charge in [0.05, 0.1) is 5.69 Å². The molecule has 0 saturated heterocycles. The van der Waals surface area contributed by atoms with Crippen molar-refractivity contribution in [2.75, 3.05) is 11.4 Å². The van der Waals surface area contributed by atoms with Gasteiger partial charge in [-0.05, 0) is 62.4 Å². The van der Waals surface area contributed by atoms with E-state index in [1.165, 1.54) is 21.9 Å². The van der Waals surface area contributed by atoms with E-state index in [0.29, 0.717) is 23.2 Å². The van der Waals surface area contributed by atoms with E-state index < -0.39 is 11.6 Å². The molecule has 0 aliphatic carbocycles. The average Bonchev–Trinajstić information content (AvgIpc) is 3.07. The van der Waals surface area contributed by atoms with Gasteiger partial charge in [0.2, 0.25) is 11.8 Å². The fourth-order valence-electron chi connectivity index (χ4n) is 4.52. The lowest BCUT2D eigenvalue weighted by Crippen LogP contribution is -2.55. The van der Waals surface area contributed by atoms with Gasteiger partial charge in [-0.1, -0.05) is 43.3 Å². The van der Waals surface area contributed by atoms with Crippen LogP contribution < -0.4 is 10.2 Å². The highest BCUT2D eigenvalue weighted by atomic mass is 19.1. The van der Waals surface area contributed by atoms with Gasteiger partial charge >= 0.3 is 0 Å². The Balaban J connectivity index is 1.66. The second-order valence-corrected chi connectivity index (χ2v) is 9.88. The molecule has 3 aromatic carbocycles. The number of hydrogen-bond acceptors (Lipinski definition) is 3. The van der Waals surface area contributed by atoms with Crippen LogP contribution in [0.2, 0.25) is 0 Å². The number of nitrogens with zero attached hydrogens (tertiary/aromatic N) is 2. The standard InChI is InChI=1S/C28H30FN3O3/c1-5-22(26(34)30-28(2,3)4)31(16-18-12-14-20(29)15-13-18)24(33)17-32-23-11-7-9-19-8-6-10-21(25(19)23)27(32)35/h6-15,22H,5,16-17H2,1-4H3,(H,30,34)/t22-/m1/s1. The highest BCUT2D eigenvalue weighted by molar-refractivity contribution is 6.26. The van der Waals surface area contributed by atoms with E-state index in [1.54, 1.807) is 18.2 Å². The normalized spacial score (nSPS) is 13.7. The molecule has 6 nitrogen and oxygen atoms in total. The van der Waals surface area contributed by atoms with Crippen molar-refractivity contribution in [1.82, 2.24) is 10.2 Å². The van der Waals surface area contributed by atoms with Crippen LogP contribution in [0.25, 0.3) is 10.8 Å². The molecule has 182 valence electrons. The number of amides is 3. The molecule has 0 saturated carbocycles. The maximum absolute atomic E-state index is 13.7. The maximum Gasteiger partial charge on any atom is 0.259 e. The van der Waals surface area contributed by atoms with Crippen molar-refractivity contribution in [3.8, 4) is 0 Å². The van der Waals surface area contributed by atoms with Crippen molar-refractivity contribution in [2.45, 2.75) is 52.2 Å². The lowest BCUT2D eigenvalue weighted by atomic mass is 10.1. The minimum absolute atomic E-state index is 0.119. The monoisotopic (exact) mass is 475 g/mol. The number of carbonyl (C=O) groups is 3. The first kappa shape index (κ1) is 24.4. The van der Waals surface area contributed by atoms with E-state index in [0.717, 1.165) is 10.8 Å². The molecule has 1 N–H and O–H groups in total. The summed E-state index contributed by atoms with van der Waals surface area (Å²) in [4.78, 5) is 43.1. The van der Waals surface area contributed by atoms with Crippen molar-refractivity contribution < 1.29 is 18.8 Å². The zero-order chi connectivity index (χ0) is 25.3. The number of halogens is 1. The number of rotatable bonds is 7. The van der Waals surface area contributed by atoms with Crippen LogP contribution in [0.1, 0.15) is 50.0 Å².